The van der Waals surface area contributed by atoms with Gasteiger partial charge in [-0.1, -0.05) is 23.7 Å². The summed E-state index contributed by atoms with van der Waals surface area (Å²) in [5.74, 6) is 0.621. The minimum Gasteiger partial charge on any atom is -0.361 e. The predicted octanol–water partition coefficient (Wildman–Crippen LogP) is 2.87. The number of amides is 1. The standard InChI is InChI=1S/C18H24FN3O2/c1-20-13-18(23)22(2)10-5-3-4-9-16-12-17(21-24-16)14-7-6-8-15(19)11-14/h6-8,11-12,20H,3-5,9-10,13H2,1-2H3. The highest BCUT2D eigenvalue weighted by atomic mass is 19.1. The van der Waals surface area contributed by atoms with Crippen molar-refractivity contribution in [3.05, 3.63) is 41.9 Å². The number of aromatic nitrogens is 1. The Labute approximate surface area is 141 Å². The van der Waals surface area contributed by atoms with Gasteiger partial charge in [0.2, 0.25) is 5.91 Å². The molecule has 0 bridgehead atoms. The number of nitrogens with one attached hydrogen (secondary N) is 1. The monoisotopic (exact) mass is 333 g/mol. The molecule has 0 saturated carbocycles. The van der Waals surface area contributed by atoms with Gasteiger partial charge in [0.15, 0.2) is 0 Å². The van der Waals surface area contributed by atoms with E-state index in [1.54, 1.807) is 18.0 Å². The van der Waals surface area contributed by atoms with Crippen LogP contribution >= 0.6 is 0 Å². The fourth-order valence-electron chi connectivity index (χ4n) is 2.45. The summed E-state index contributed by atoms with van der Waals surface area (Å²) in [6, 6.07) is 8.17. The lowest BCUT2D eigenvalue weighted by Gasteiger charge is -2.16. The molecule has 0 aliphatic rings. The number of aryl methyl sites for hydroxylation is 1. The Bertz CT molecular complexity index is 657. The Morgan fingerprint density at radius 1 is 1.29 bits per heavy atom. The van der Waals surface area contributed by atoms with Crippen LogP contribution in [-0.2, 0) is 11.2 Å². The van der Waals surface area contributed by atoms with Gasteiger partial charge in [0.1, 0.15) is 17.3 Å². The number of hydrogen-bond acceptors (Lipinski definition) is 4. The lowest BCUT2D eigenvalue weighted by molar-refractivity contribution is -0.128. The van der Waals surface area contributed by atoms with Crippen LogP contribution in [0.15, 0.2) is 34.9 Å². The van der Waals surface area contributed by atoms with Crippen molar-refractivity contribution in [1.29, 1.82) is 0 Å². The number of nitrogens with zero attached hydrogens (tertiary/aromatic N) is 2. The van der Waals surface area contributed by atoms with E-state index < -0.39 is 0 Å². The number of carbonyl (C=O) groups is 1. The molecule has 1 amide bonds. The zero-order chi connectivity index (χ0) is 17.4. The summed E-state index contributed by atoms with van der Waals surface area (Å²) >= 11 is 0. The maximum absolute atomic E-state index is 13.2. The molecule has 0 radical (unpaired) electrons. The first-order valence-electron chi connectivity index (χ1n) is 8.20. The van der Waals surface area contributed by atoms with Crippen molar-refractivity contribution < 1.29 is 13.7 Å². The van der Waals surface area contributed by atoms with Crippen LogP contribution in [0.3, 0.4) is 0 Å². The Morgan fingerprint density at radius 2 is 2.12 bits per heavy atom. The van der Waals surface area contributed by atoms with E-state index in [9.17, 15) is 9.18 Å². The van der Waals surface area contributed by atoms with E-state index in [4.69, 9.17) is 4.52 Å². The highest BCUT2D eigenvalue weighted by Gasteiger charge is 2.08. The Kier molecular flexibility index (Phi) is 6.93. The van der Waals surface area contributed by atoms with Gasteiger partial charge in [-0.3, -0.25) is 4.79 Å². The molecular formula is C18H24FN3O2. The number of carbonyl (C=O) groups excluding carboxylic acids is 1. The van der Waals surface area contributed by atoms with E-state index in [1.807, 2.05) is 19.2 Å². The van der Waals surface area contributed by atoms with Crippen LogP contribution in [0.4, 0.5) is 4.39 Å². The minimum absolute atomic E-state index is 0.104. The Morgan fingerprint density at radius 3 is 2.88 bits per heavy atom. The average molecular weight is 333 g/mol. The highest BCUT2D eigenvalue weighted by molar-refractivity contribution is 5.77. The van der Waals surface area contributed by atoms with Crippen molar-refractivity contribution in [3.8, 4) is 11.3 Å². The largest absolute Gasteiger partial charge is 0.361 e. The molecule has 6 heteroatoms. The van der Waals surface area contributed by atoms with E-state index in [2.05, 4.69) is 10.5 Å². The van der Waals surface area contributed by atoms with E-state index >= 15 is 0 Å². The number of hydrogen-bond donors (Lipinski definition) is 1. The van der Waals surface area contributed by atoms with Crippen LogP contribution < -0.4 is 5.32 Å². The van der Waals surface area contributed by atoms with Gasteiger partial charge in [0.25, 0.3) is 0 Å². The van der Waals surface area contributed by atoms with Crippen molar-refractivity contribution in [1.82, 2.24) is 15.4 Å². The van der Waals surface area contributed by atoms with Crippen LogP contribution in [0.1, 0.15) is 25.0 Å². The van der Waals surface area contributed by atoms with E-state index in [0.717, 1.165) is 43.6 Å². The first-order chi connectivity index (χ1) is 11.6. The van der Waals surface area contributed by atoms with E-state index in [-0.39, 0.29) is 11.7 Å². The van der Waals surface area contributed by atoms with Crippen molar-refractivity contribution >= 4 is 5.91 Å². The van der Waals surface area contributed by atoms with Crippen LogP contribution in [0.2, 0.25) is 0 Å². The molecule has 0 aliphatic heterocycles. The van der Waals surface area contributed by atoms with Crippen LogP contribution in [0.5, 0.6) is 0 Å². The molecular weight excluding hydrogens is 309 g/mol. The maximum atomic E-state index is 13.2. The summed E-state index contributed by atoms with van der Waals surface area (Å²) in [6.45, 7) is 1.13. The maximum Gasteiger partial charge on any atom is 0.236 e. The molecule has 1 aromatic heterocycles. The highest BCUT2D eigenvalue weighted by Crippen LogP contribution is 2.20. The van der Waals surface area contributed by atoms with Gasteiger partial charge < -0.3 is 14.7 Å². The number of rotatable bonds is 9. The predicted molar refractivity (Wildman–Crippen MR) is 91.0 cm³/mol. The topological polar surface area (TPSA) is 58.4 Å². The molecule has 130 valence electrons. The molecule has 0 atom stereocenters. The number of likely N-dealkylation sites (N-methyl/N-ethyl adjacent to an activating group) is 2. The lowest BCUT2D eigenvalue weighted by atomic mass is 10.1. The molecule has 2 aromatic rings. The Balaban J connectivity index is 1.71. The molecule has 24 heavy (non-hydrogen) atoms. The van der Waals surface area contributed by atoms with Gasteiger partial charge >= 0.3 is 0 Å². The van der Waals surface area contributed by atoms with Crippen molar-refractivity contribution in [2.24, 2.45) is 0 Å². The molecule has 1 aromatic carbocycles. The normalized spacial score (nSPS) is 10.8. The molecule has 0 unspecified atom stereocenters. The van der Waals surface area contributed by atoms with Crippen LogP contribution in [0.25, 0.3) is 11.3 Å². The van der Waals surface area contributed by atoms with Gasteiger partial charge in [-0.2, -0.15) is 0 Å². The molecule has 5 nitrogen and oxygen atoms in total. The number of benzene rings is 1. The summed E-state index contributed by atoms with van der Waals surface area (Å²) in [5.41, 5.74) is 1.37. The first-order valence-corrected chi connectivity index (χ1v) is 8.20. The minimum atomic E-state index is -0.283. The van der Waals surface area contributed by atoms with Crippen LogP contribution in [-0.4, -0.2) is 43.1 Å². The third-order valence-corrected chi connectivity index (χ3v) is 3.85. The van der Waals surface area contributed by atoms with Crippen LogP contribution in [0, 0.1) is 5.82 Å². The molecule has 1 heterocycles. The van der Waals surface area contributed by atoms with Gasteiger partial charge in [0, 0.05) is 31.6 Å². The van der Waals surface area contributed by atoms with Crippen molar-refractivity contribution in [2.45, 2.75) is 25.7 Å². The fraction of sp³-hybridized carbons (Fsp3) is 0.444. The average Bonchev–Trinajstić information content (AvgIpc) is 3.03. The smallest absolute Gasteiger partial charge is 0.236 e. The first kappa shape index (κ1) is 18.1. The second-order valence-electron chi connectivity index (χ2n) is 5.85. The van der Waals surface area contributed by atoms with Crippen molar-refractivity contribution in [3.63, 3.8) is 0 Å². The summed E-state index contributed by atoms with van der Waals surface area (Å²) < 4.78 is 18.5. The molecule has 0 aliphatic carbocycles. The van der Waals surface area contributed by atoms with Gasteiger partial charge in [-0.15, -0.1) is 0 Å². The molecule has 0 spiro atoms. The lowest BCUT2D eigenvalue weighted by Crippen LogP contribution is -2.34. The zero-order valence-electron chi connectivity index (χ0n) is 14.2. The summed E-state index contributed by atoms with van der Waals surface area (Å²) in [5, 5.41) is 6.85. The molecule has 1 N–H and O–H groups in total. The third-order valence-electron chi connectivity index (χ3n) is 3.85. The summed E-state index contributed by atoms with van der Waals surface area (Å²) in [7, 11) is 3.59. The second kappa shape index (κ2) is 9.17. The number of halogens is 1. The second-order valence-corrected chi connectivity index (χ2v) is 5.85. The van der Waals surface area contributed by atoms with E-state index in [0.29, 0.717) is 12.2 Å². The van der Waals surface area contributed by atoms with Gasteiger partial charge in [-0.05, 0) is 32.0 Å². The Hall–Kier alpha value is -2.21. The third kappa shape index (κ3) is 5.45. The molecule has 0 saturated heterocycles. The van der Waals surface area contributed by atoms with Crippen molar-refractivity contribution in [2.75, 3.05) is 27.2 Å². The summed E-state index contributed by atoms with van der Waals surface area (Å²) in [6.07, 6.45) is 3.71. The van der Waals surface area contributed by atoms with Gasteiger partial charge in [-0.25, -0.2) is 4.39 Å². The van der Waals surface area contributed by atoms with E-state index in [1.165, 1.54) is 12.1 Å². The number of unbranched alkanes of at least 4 members (excludes halogenated alkanes) is 2. The fourth-order valence-corrected chi connectivity index (χ4v) is 2.45. The van der Waals surface area contributed by atoms with Gasteiger partial charge in [0.05, 0.1) is 6.54 Å². The molecule has 0 fully saturated rings. The SMILES string of the molecule is CNCC(=O)N(C)CCCCCc1cc(-c2cccc(F)c2)no1. The molecule has 2 rings (SSSR count). The summed E-state index contributed by atoms with van der Waals surface area (Å²) in [4.78, 5) is 13.3. The zero-order valence-corrected chi connectivity index (χ0v) is 14.2. The quantitative estimate of drug-likeness (QED) is 0.717.